The number of carboxylic acids is 1. The van der Waals surface area contributed by atoms with Crippen molar-refractivity contribution in [2.24, 2.45) is 17.8 Å². The van der Waals surface area contributed by atoms with E-state index in [1.807, 2.05) is 12.1 Å². The lowest BCUT2D eigenvalue weighted by molar-refractivity contribution is -0.144. The molecular weight excluding hydrogens is 348 g/mol. The zero-order valence-corrected chi connectivity index (χ0v) is 15.3. The van der Waals surface area contributed by atoms with E-state index in [1.165, 1.54) is 0 Å². The van der Waals surface area contributed by atoms with E-state index >= 15 is 0 Å². The molecule has 3 aliphatic rings. The molecule has 27 heavy (non-hydrogen) atoms. The number of nitrogens with one attached hydrogen (secondary N) is 1. The fourth-order valence-electron chi connectivity index (χ4n) is 4.92. The van der Waals surface area contributed by atoms with E-state index in [4.69, 9.17) is 4.74 Å². The molecule has 4 rings (SSSR count). The average Bonchev–Trinajstić information content (AvgIpc) is 3.23. The van der Waals surface area contributed by atoms with E-state index in [0.717, 1.165) is 19.3 Å². The third kappa shape index (κ3) is 3.15. The maximum absolute atomic E-state index is 12.5. The molecular formula is C20H24N2O5. The molecule has 0 saturated heterocycles. The maximum atomic E-state index is 12.5. The molecule has 2 bridgehead atoms. The van der Waals surface area contributed by atoms with Gasteiger partial charge in [0.1, 0.15) is 5.75 Å². The van der Waals surface area contributed by atoms with Crippen LogP contribution >= 0.6 is 0 Å². The Labute approximate surface area is 157 Å². The number of benzene rings is 1. The molecule has 0 radical (unpaired) electrons. The van der Waals surface area contributed by atoms with E-state index in [2.05, 4.69) is 5.32 Å². The standard InChI is InChI=1S/C20H24N2O5/c1-11-19(24)22(14-4-2-3-5-15(14)27-11)9-8-16(23)21-18-13-7-6-12(10-13)17(18)20(25)26/h2-5,11-13,17-18H,6-10H2,1H3,(H,21,23)(H,25,26)/t11-,12-,13-,17-,18-/m0/s1. The van der Waals surface area contributed by atoms with Crippen molar-refractivity contribution in [2.75, 3.05) is 11.4 Å². The number of amides is 2. The maximum Gasteiger partial charge on any atom is 0.308 e. The first-order chi connectivity index (χ1) is 13.0. The molecule has 144 valence electrons. The summed E-state index contributed by atoms with van der Waals surface area (Å²) in [4.78, 5) is 38.2. The van der Waals surface area contributed by atoms with Crippen LogP contribution in [0.15, 0.2) is 24.3 Å². The minimum absolute atomic E-state index is 0.132. The van der Waals surface area contributed by atoms with E-state index in [-0.39, 0.29) is 42.7 Å². The second kappa shape index (κ2) is 6.87. The fraction of sp³-hybridized carbons (Fsp3) is 0.550. The number of hydrogen-bond donors (Lipinski definition) is 2. The van der Waals surface area contributed by atoms with Gasteiger partial charge in [-0.05, 0) is 50.2 Å². The molecule has 1 aromatic rings. The van der Waals surface area contributed by atoms with Crippen molar-refractivity contribution < 1.29 is 24.2 Å². The van der Waals surface area contributed by atoms with Gasteiger partial charge in [0.2, 0.25) is 5.91 Å². The van der Waals surface area contributed by atoms with Gasteiger partial charge in [-0.25, -0.2) is 0 Å². The number of carbonyl (C=O) groups is 3. The molecule has 2 saturated carbocycles. The molecule has 1 aromatic carbocycles. The summed E-state index contributed by atoms with van der Waals surface area (Å²) >= 11 is 0. The molecule has 2 aliphatic carbocycles. The first-order valence-corrected chi connectivity index (χ1v) is 9.55. The molecule has 2 amide bonds. The SMILES string of the molecule is C[C@@H]1Oc2ccccc2N(CCC(=O)N[C@H]2[C@H]3CC[C@@H](C3)[C@@H]2C(=O)O)C1=O. The Morgan fingerprint density at radius 2 is 2.00 bits per heavy atom. The highest BCUT2D eigenvalue weighted by atomic mass is 16.5. The summed E-state index contributed by atoms with van der Waals surface area (Å²) in [6.45, 7) is 1.94. The molecule has 1 aliphatic heterocycles. The summed E-state index contributed by atoms with van der Waals surface area (Å²) in [5.41, 5.74) is 0.664. The van der Waals surface area contributed by atoms with Crippen molar-refractivity contribution in [2.45, 2.75) is 44.8 Å². The van der Waals surface area contributed by atoms with Crippen LogP contribution < -0.4 is 15.0 Å². The summed E-state index contributed by atoms with van der Waals surface area (Å²) in [6, 6.07) is 6.98. The summed E-state index contributed by atoms with van der Waals surface area (Å²) in [6.07, 6.45) is 2.34. The third-order valence-electron chi connectivity index (χ3n) is 6.17. The number of fused-ring (bicyclic) bond motifs is 3. The number of para-hydroxylation sites is 2. The lowest BCUT2D eigenvalue weighted by atomic mass is 9.84. The molecule has 0 spiro atoms. The molecule has 5 atom stereocenters. The van der Waals surface area contributed by atoms with E-state index in [1.54, 1.807) is 24.0 Å². The van der Waals surface area contributed by atoms with Crippen LogP contribution in [0.25, 0.3) is 0 Å². The van der Waals surface area contributed by atoms with Crippen molar-refractivity contribution in [3.05, 3.63) is 24.3 Å². The lowest BCUT2D eigenvalue weighted by Gasteiger charge is -2.33. The molecule has 2 fully saturated rings. The highest BCUT2D eigenvalue weighted by molar-refractivity contribution is 6.00. The highest BCUT2D eigenvalue weighted by Crippen LogP contribution is 2.48. The van der Waals surface area contributed by atoms with Crippen molar-refractivity contribution in [3.8, 4) is 5.75 Å². The monoisotopic (exact) mass is 372 g/mol. The minimum atomic E-state index is -0.821. The Morgan fingerprint density at radius 1 is 1.26 bits per heavy atom. The molecule has 1 heterocycles. The first kappa shape index (κ1) is 17.8. The Kier molecular flexibility index (Phi) is 4.53. The summed E-state index contributed by atoms with van der Waals surface area (Å²) in [7, 11) is 0. The topological polar surface area (TPSA) is 95.9 Å². The third-order valence-corrected chi connectivity index (χ3v) is 6.17. The number of anilines is 1. The number of aliphatic carboxylic acids is 1. The van der Waals surface area contributed by atoms with Gasteiger partial charge in [-0.1, -0.05) is 12.1 Å². The second-order valence-electron chi connectivity index (χ2n) is 7.76. The zero-order valence-electron chi connectivity index (χ0n) is 15.3. The molecule has 0 aromatic heterocycles. The van der Waals surface area contributed by atoms with Crippen LogP contribution in [0.4, 0.5) is 5.69 Å². The molecule has 2 N–H and O–H groups in total. The number of carboxylic acid groups (broad SMARTS) is 1. The van der Waals surface area contributed by atoms with Crippen LogP contribution in [-0.2, 0) is 14.4 Å². The van der Waals surface area contributed by atoms with Gasteiger partial charge in [-0.2, -0.15) is 0 Å². The van der Waals surface area contributed by atoms with E-state index < -0.39 is 18.0 Å². The quantitative estimate of drug-likeness (QED) is 0.822. The number of rotatable bonds is 5. The predicted octanol–water partition coefficient (Wildman–Crippen LogP) is 1.81. The highest BCUT2D eigenvalue weighted by Gasteiger charge is 2.51. The normalized spacial score (nSPS) is 31.4. The zero-order chi connectivity index (χ0) is 19.1. The van der Waals surface area contributed by atoms with Crippen molar-refractivity contribution in [3.63, 3.8) is 0 Å². The molecule has 0 unspecified atom stereocenters. The van der Waals surface area contributed by atoms with Crippen molar-refractivity contribution in [1.29, 1.82) is 0 Å². The largest absolute Gasteiger partial charge is 0.481 e. The van der Waals surface area contributed by atoms with Gasteiger partial charge in [-0.3, -0.25) is 14.4 Å². The molecule has 7 heteroatoms. The summed E-state index contributed by atoms with van der Waals surface area (Å²) in [5.74, 6) is -0.633. The van der Waals surface area contributed by atoms with Crippen LogP contribution in [0.1, 0.15) is 32.6 Å². The number of carbonyl (C=O) groups excluding carboxylic acids is 2. The Morgan fingerprint density at radius 3 is 2.78 bits per heavy atom. The summed E-state index contributed by atoms with van der Waals surface area (Å²) in [5, 5.41) is 12.4. The van der Waals surface area contributed by atoms with Crippen molar-refractivity contribution >= 4 is 23.5 Å². The average molecular weight is 372 g/mol. The lowest BCUT2D eigenvalue weighted by Crippen LogP contribution is -2.49. The van der Waals surface area contributed by atoms with Gasteiger partial charge >= 0.3 is 5.97 Å². The van der Waals surface area contributed by atoms with Crippen LogP contribution in [0, 0.1) is 17.8 Å². The number of hydrogen-bond acceptors (Lipinski definition) is 4. The van der Waals surface area contributed by atoms with Gasteiger partial charge in [-0.15, -0.1) is 0 Å². The van der Waals surface area contributed by atoms with E-state index in [9.17, 15) is 19.5 Å². The van der Waals surface area contributed by atoms with Gasteiger partial charge < -0.3 is 20.1 Å². The number of nitrogens with zero attached hydrogens (tertiary/aromatic N) is 1. The molecule has 7 nitrogen and oxygen atoms in total. The Hall–Kier alpha value is -2.57. The van der Waals surface area contributed by atoms with Crippen LogP contribution in [0.2, 0.25) is 0 Å². The first-order valence-electron chi connectivity index (χ1n) is 9.55. The second-order valence-corrected chi connectivity index (χ2v) is 7.76. The van der Waals surface area contributed by atoms with Gasteiger partial charge in [0, 0.05) is 19.0 Å². The fourth-order valence-corrected chi connectivity index (χ4v) is 4.92. The Balaban J connectivity index is 1.41. The van der Waals surface area contributed by atoms with Crippen LogP contribution in [-0.4, -0.2) is 41.6 Å². The van der Waals surface area contributed by atoms with Gasteiger partial charge in [0.05, 0.1) is 11.6 Å². The Bertz CT molecular complexity index is 779. The number of ether oxygens (including phenoxy) is 1. The predicted molar refractivity (Wildman–Crippen MR) is 97.4 cm³/mol. The smallest absolute Gasteiger partial charge is 0.308 e. The van der Waals surface area contributed by atoms with Crippen LogP contribution in [0.5, 0.6) is 5.75 Å². The van der Waals surface area contributed by atoms with Crippen LogP contribution in [0.3, 0.4) is 0 Å². The summed E-state index contributed by atoms with van der Waals surface area (Å²) < 4.78 is 5.61. The van der Waals surface area contributed by atoms with Crippen molar-refractivity contribution in [1.82, 2.24) is 5.32 Å². The van der Waals surface area contributed by atoms with Gasteiger partial charge in [0.15, 0.2) is 6.10 Å². The van der Waals surface area contributed by atoms with Gasteiger partial charge in [0.25, 0.3) is 5.91 Å². The minimum Gasteiger partial charge on any atom is -0.481 e. The van der Waals surface area contributed by atoms with E-state index in [0.29, 0.717) is 11.4 Å².